The van der Waals surface area contributed by atoms with Crippen molar-refractivity contribution in [3.05, 3.63) is 66.5 Å². The number of hydrogen-bond acceptors (Lipinski definition) is 3. The Hall–Kier alpha value is -2.46. The summed E-state index contributed by atoms with van der Waals surface area (Å²) in [5, 5.41) is 4.66. The molecule has 3 rings (SSSR count). The molecule has 1 heterocycles. The van der Waals surface area contributed by atoms with Gasteiger partial charge in [-0.15, -0.1) is 5.10 Å². The second-order valence-corrected chi connectivity index (χ2v) is 5.20. The number of aromatic nitrogens is 3. The van der Waals surface area contributed by atoms with Crippen LogP contribution in [0.2, 0.25) is 0 Å². The van der Waals surface area contributed by atoms with Crippen LogP contribution in [-0.2, 0) is 6.54 Å². The first kappa shape index (κ1) is 20.6. The number of para-hydroxylation sites is 1. The highest BCUT2D eigenvalue weighted by Crippen LogP contribution is 2.21. The maximum absolute atomic E-state index is 4.71. The van der Waals surface area contributed by atoms with Crippen molar-refractivity contribution in [3.63, 3.8) is 0 Å². The third-order valence-corrected chi connectivity index (χ3v) is 3.14. The number of benzene rings is 2. The summed E-state index contributed by atoms with van der Waals surface area (Å²) in [5.41, 5.74) is 2.09. The zero-order valence-corrected chi connectivity index (χ0v) is 16.3. The molecular weight excluding hydrogens is 308 g/mol. The van der Waals surface area contributed by atoms with E-state index in [2.05, 4.69) is 22.1 Å². The van der Waals surface area contributed by atoms with E-state index in [-0.39, 0.29) is 0 Å². The Kier molecular flexibility index (Phi) is 9.19. The molecule has 134 valence electrons. The Labute approximate surface area is 152 Å². The maximum Gasteiger partial charge on any atom is 0.165 e. The monoisotopic (exact) mass is 338 g/mol. The van der Waals surface area contributed by atoms with E-state index in [0.29, 0.717) is 0 Å². The molecule has 2 aromatic carbocycles. The summed E-state index contributed by atoms with van der Waals surface area (Å²) in [6.45, 7) is 8.72. The van der Waals surface area contributed by atoms with Gasteiger partial charge in [0.05, 0.1) is 12.2 Å². The molecule has 0 aliphatic rings. The molecule has 0 fully saturated rings. The van der Waals surface area contributed by atoms with Crippen LogP contribution in [0.3, 0.4) is 0 Å². The van der Waals surface area contributed by atoms with E-state index in [9.17, 15) is 0 Å². The summed E-state index contributed by atoms with van der Waals surface area (Å²) in [5.74, 6) is 1.70. The van der Waals surface area contributed by atoms with Gasteiger partial charge in [-0.2, -0.15) is 0 Å². The Morgan fingerprint density at radius 3 is 1.84 bits per heavy atom. The molecule has 0 saturated carbocycles. The topological polar surface area (TPSA) is 34.0 Å². The second-order valence-electron chi connectivity index (χ2n) is 5.20. The van der Waals surface area contributed by atoms with Gasteiger partial charge in [-0.1, -0.05) is 76.2 Å². The Bertz CT molecular complexity index is 646. The average molecular weight is 338 g/mol. The van der Waals surface area contributed by atoms with Crippen LogP contribution < -0.4 is 0 Å². The minimum Gasteiger partial charge on any atom is -0.302 e. The van der Waals surface area contributed by atoms with Crippen LogP contribution in [0.15, 0.2) is 60.7 Å². The van der Waals surface area contributed by atoms with Crippen LogP contribution >= 0.6 is 0 Å². The molecule has 0 amide bonds. The highest BCUT2D eigenvalue weighted by Gasteiger charge is 2.13. The van der Waals surface area contributed by atoms with Crippen LogP contribution in [0.5, 0.6) is 0 Å². The standard InChI is InChI=1S/C17H18N4.2C2H6/c1-20(2)13-16-18-17(14-9-5-3-6-10-14)21(19-16)15-11-7-4-8-12-15;2*1-2/h3-12H,13H2,1-2H3;2*1-2H3. The van der Waals surface area contributed by atoms with Crippen LogP contribution in [0.1, 0.15) is 33.5 Å². The van der Waals surface area contributed by atoms with Crippen LogP contribution in [0.25, 0.3) is 17.1 Å². The van der Waals surface area contributed by atoms with E-state index in [1.54, 1.807) is 0 Å². The first-order valence-corrected chi connectivity index (χ1v) is 8.95. The summed E-state index contributed by atoms with van der Waals surface area (Å²) in [6.07, 6.45) is 0. The zero-order valence-electron chi connectivity index (χ0n) is 16.3. The van der Waals surface area contributed by atoms with Crippen LogP contribution in [-0.4, -0.2) is 33.8 Å². The molecule has 0 N–H and O–H groups in total. The van der Waals surface area contributed by atoms with Crippen molar-refractivity contribution in [3.8, 4) is 17.1 Å². The molecule has 0 spiro atoms. The summed E-state index contributed by atoms with van der Waals surface area (Å²) in [4.78, 5) is 6.78. The van der Waals surface area contributed by atoms with Crippen LogP contribution in [0, 0.1) is 0 Å². The average Bonchev–Trinajstić information content (AvgIpc) is 3.09. The van der Waals surface area contributed by atoms with E-state index in [0.717, 1.165) is 29.4 Å². The third-order valence-electron chi connectivity index (χ3n) is 3.14. The molecule has 25 heavy (non-hydrogen) atoms. The van der Waals surface area contributed by atoms with Gasteiger partial charge < -0.3 is 4.90 Å². The molecule has 4 nitrogen and oxygen atoms in total. The van der Waals surface area contributed by atoms with Crippen molar-refractivity contribution < 1.29 is 0 Å². The molecule has 0 unspecified atom stereocenters. The zero-order chi connectivity index (χ0) is 18.7. The van der Waals surface area contributed by atoms with Gasteiger partial charge in [-0.3, -0.25) is 0 Å². The van der Waals surface area contributed by atoms with E-state index < -0.39 is 0 Å². The van der Waals surface area contributed by atoms with Crippen molar-refractivity contribution in [1.29, 1.82) is 0 Å². The number of hydrogen-bond donors (Lipinski definition) is 0. The van der Waals surface area contributed by atoms with Crippen molar-refractivity contribution in [2.75, 3.05) is 14.1 Å². The number of nitrogens with zero attached hydrogens (tertiary/aromatic N) is 4. The van der Waals surface area contributed by atoms with Gasteiger partial charge in [0.25, 0.3) is 0 Å². The van der Waals surface area contributed by atoms with Crippen molar-refractivity contribution in [1.82, 2.24) is 19.7 Å². The molecule has 0 radical (unpaired) electrons. The predicted octanol–water partition coefficient (Wildman–Crippen LogP) is 5.05. The summed E-state index contributed by atoms with van der Waals surface area (Å²) in [7, 11) is 4.04. The molecular formula is C21H30N4. The molecule has 0 saturated heterocycles. The minimum atomic E-state index is 0.722. The van der Waals surface area contributed by atoms with Crippen molar-refractivity contribution in [2.45, 2.75) is 34.2 Å². The van der Waals surface area contributed by atoms with Gasteiger partial charge in [0.15, 0.2) is 11.6 Å². The summed E-state index contributed by atoms with van der Waals surface area (Å²) >= 11 is 0. The summed E-state index contributed by atoms with van der Waals surface area (Å²) in [6, 6.07) is 20.3. The maximum atomic E-state index is 4.71. The fourth-order valence-corrected chi connectivity index (χ4v) is 2.23. The Balaban J connectivity index is 0.000000730. The normalized spacial score (nSPS) is 9.72. The predicted molar refractivity (Wildman–Crippen MR) is 107 cm³/mol. The minimum absolute atomic E-state index is 0.722. The Morgan fingerprint density at radius 1 is 0.800 bits per heavy atom. The Morgan fingerprint density at radius 2 is 1.32 bits per heavy atom. The van der Waals surface area contributed by atoms with Gasteiger partial charge >= 0.3 is 0 Å². The van der Waals surface area contributed by atoms with Gasteiger partial charge in [0.2, 0.25) is 0 Å². The molecule has 0 bridgehead atoms. The fourth-order valence-electron chi connectivity index (χ4n) is 2.23. The third kappa shape index (κ3) is 5.84. The van der Waals surface area contributed by atoms with Crippen LogP contribution in [0.4, 0.5) is 0 Å². The molecule has 1 aromatic heterocycles. The quantitative estimate of drug-likeness (QED) is 0.667. The number of rotatable bonds is 4. The lowest BCUT2D eigenvalue weighted by atomic mass is 10.2. The first-order chi connectivity index (χ1) is 12.2. The summed E-state index contributed by atoms with van der Waals surface area (Å²) < 4.78 is 1.91. The van der Waals surface area contributed by atoms with E-state index in [4.69, 9.17) is 4.98 Å². The second kappa shape index (κ2) is 11.2. The fraction of sp³-hybridized carbons (Fsp3) is 0.333. The molecule has 3 aromatic rings. The van der Waals surface area contributed by atoms with Crippen molar-refractivity contribution >= 4 is 0 Å². The molecule has 4 heteroatoms. The SMILES string of the molecule is CC.CC.CN(C)Cc1nc(-c2ccccc2)n(-c2ccccc2)n1. The highest BCUT2D eigenvalue weighted by atomic mass is 15.4. The molecule has 0 aliphatic carbocycles. The van der Waals surface area contributed by atoms with E-state index in [1.807, 2.05) is 95.0 Å². The lowest BCUT2D eigenvalue weighted by Crippen LogP contribution is -2.12. The van der Waals surface area contributed by atoms with E-state index >= 15 is 0 Å². The molecule has 0 atom stereocenters. The first-order valence-electron chi connectivity index (χ1n) is 8.95. The highest BCUT2D eigenvalue weighted by molar-refractivity contribution is 5.57. The lowest BCUT2D eigenvalue weighted by Gasteiger charge is -2.05. The van der Waals surface area contributed by atoms with E-state index in [1.165, 1.54) is 0 Å². The lowest BCUT2D eigenvalue weighted by molar-refractivity contribution is 0.390. The van der Waals surface area contributed by atoms with Gasteiger partial charge in [0, 0.05) is 5.56 Å². The van der Waals surface area contributed by atoms with Gasteiger partial charge in [-0.05, 0) is 26.2 Å². The van der Waals surface area contributed by atoms with Gasteiger partial charge in [0.1, 0.15) is 0 Å². The smallest absolute Gasteiger partial charge is 0.165 e. The largest absolute Gasteiger partial charge is 0.302 e. The molecule has 0 aliphatic heterocycles. The van der Waals surface area contributed by atoms with Gasteiger partial charge in [-0.25, -0.2) is 9.67 Å². The van der Waals surface area contributed by atoms with Crippen molar-refractivity contribution in [2.24, 2.45) is 0 Å².